The van der Waals surface area contributed by atoms with E-state index < -0.39 is 0 Å². The van der Waals surface area contributed by atoms with Gasteiger partial charge < -0.3 is 15.7 Å². The number of rotatable bonds is 4. The predicted molar refractivity (Wildman–Crippen MR) is 68.1 cm³/mol. The minimum atomic E-state index is -0.389. The van der Waals surface area contributed by atoms with Crippen molar-refractivity contribution in [2.24, 2.45) is 0 Å². The van der Waals surface area contributed by atoms with E-state index >= 15 is 0 Å². The molecule has 0 radical (unpaired) electrons. The van der Waals surface area contributed by atoms with Gasteiger partial charge in [-0.25, -0.2) is 9.97 Å². The van der Waals surface area contributed by atoms with E-state index in [4.69, 9.17) is 5.73 Å². The van der Waals surface area contributed by atoms with Gasteiger partial charge in [0.25, 0.3) is 0 Å². The Balaban J connectivity index is 2.30. The zero-order valence-corrected chi connectivity index (χ0v) is 10.6. The fourth-order valence-electron chi connectivity index (χ4n) is 1.92. The van der Waals surface area contributed by atoms with Gasteiger partial charge in [-0.3, -0.25) is 0 Å². The standard InChI is InChI=1S/C12H20N4O/c1-7(17)6-16(3)12-8(2)10(13)14-11(15-12)9-4-5-9/h7,9,17H,4-6H2,1-3H3,(H2,13,14,15). The molecule has 0 spiro atoms. The summed E-state index contributed by atoms with van der Waals surface area (Å²) >= 11 is 0. The van der Waals surface area contributed by atoms with E-state index in [-0.39, 0.29) is 6.10 Å². The highest BCUT2D eigenvalue weighted by Crippen LogP contribution is 2.39. The van der Waals surface area contributed by atoms with Gasteiger partial charge >= 0.3 is 0 Å². The molecule has 1 atom stereocenters. The molecular formula is C12H20N4O. The SMILES string of the molecule is Cc1c(N)nc(C2CC2)nc1N(C)CC(C)O. The topological polar surface area (TPSA) is 75.3 Å². The summed E-state index contributed by atoms with van der Waals surface area (Å²) in [6.07, 6.45) is 1.92. The summed E-state index contributed by atoms with van der Waals surface area (Å²) < 4.78 is 0. The molecule has 0 bridgehead atoms. The van der Waals surface area contributed by atoms with E-state index in [1.807, 2.05) is 18.9 Å². The second kappa shape index (κ2) is 4.49. The smallest absolute Gasteiger partial charge is 0.137 e. The number of likely N-dealkylation sites (N-methyl/N-ethyl adjacent to an activating group) is 1. The molecule has 0 saturated heterocycles. The number of aliphatic hydroxyl groups is 1. The molecule has 1 aromatic rings. The van der Waals surface area contributed by atoms with Gasteiger partial charge in [0.15, 0.2) is 0 Å². The quantitative estimate of drug-likeness (QED) is 0.817. The molecule has 17 heavy (non-hydrogen) atoms. The van der Waals surface area contributed by atoms with Gasteiger partial charge in [-0.05, 0) is 26.7 Å². The summed E-state index contributed by atoms with van der Waals surface area (Å²) in [4.78, 5) is 10.8. The molecule has 1 heterocycles. The molecule has 5 heteroatoms. The Morgan fingerprint density at radius 3 is 2.65 bits per heavy atom. The van der Waals surface area contributed by atoms with Crippen LogP contribution in [0.2, 0.25) is 0 Å². The van der Waals surface area contributed by atoms with Gasteiger partial charge in [-0.15, -0.1) is 0 Å². The molecule has 1 fully saturated rings. The van der Waals surface area contributed by atoms with Gasteiger partial charge in [-0.2, -0.15) is 0 Å². The Bertz CT molecular complexity index is 415. The van der Waals surface area contributed by atoms with Crippen molar-refractivity contribution in [2.75, 3.05) is 24.2 Å². The number of nitrogen functional groups attached to an aromatic ring is 1. The number of aliphatic hydroxyl groups excluding tert-OH is 1. The number of anilines is 2. The van der Waals surface area contributed by atoms with Crippen molar-refractivity contribution in [3.8, 4) is 0 Å². The molecule has 0 aromatic carbocycles. The highest BCUT2D eigenvalue weighted by molar-refractivity contribution is 5.56. The summed E-state index contributed by atoms with van der Waals surface area (Å²) in [5, 5.41) is 9.42. The molecule has 1 saturated carbocycles. The fourth-order valence-corrected chi connectivity index (χ4v) is 1.92. The average molecular weight is 236 g/mol. The highest BCUT2D eigenvalue weighted by atomic mass is 16.3. The van der Waals surface area contributed by atoms with Crippen LogP contribution in [-0.4, -0.2) is 34.8 Å². The highest BCUT2D eigenvalue weighted by Gasteiger charge is 2.28. The number of hydrogen-bond acceptors (Lipinski definition) is 5. The van der Waals surface area contributed by atoms with E-state index in [0.717, 1.165) is 30.0 Å². The number of nitrogens with zero attached hydrogens (tertiary/aromatic N) is 3. The van der Waals surface area contributed by atoms with Crippen molar-refractivity contribution < 1.29 is 5.11 Å². The molecule has 3 N–H and O–H groups in total. The van der Waals surface area contributed by atoms with Crippen molar-refractivity contribution in [1.82, 2.24) is 9.97 Å². The molecule has 5 nitrogen and oxygen atoms in total. The van der Waals surface area contributed by atoms with E-state index in [2.05, 4.69) is 9.97 Å². The first-order valence-electron chi connectivity index (χ1n) is 6.02. The summed E-state index contributed by atoms with van der Waals surface area (Å²) in [6.45, 7) is 4.22. The third kappa shape index (κ3) is 2.66. The van der Waals surface area contributed by atoms with Crippen LogP contribution in [-0.2, 0) is 0 Å². The molecule has 94 valence electrons. The van der Waals surface area contributed by atoms with E-state index in [0.29, 0.717) is 18.3 Å². The van der Waals surface area contributed by atoms with Crippen LogP contribution in [0.25, 0.3) is 0 Å². The van der Waals surface area contributed by atoms with Gasteiger partial charge in [-0.1, -0.05) is 0 Å². The minimum Gasteiger partial charge on any atom is -0.392 e. The van der Waals surface area contributed by atoms with Crippen LogP contribution in [0.1, 0.15) is 37.1 Å². The van der Waals surface area contributed by atoms with E-state index in [1.54, 1.807) is 6.92 Å². The van der Waals surface area contributed by atoms with Crippen LogP contribution in [0, 0.1) is 6.92 Å². The second-order valence-corrected chi connectivity index (χ2v) is 4.92. The van der Waals surface area contributed by atoms with E-state index in [9.17, 15) is 5.11 Å². The van der Waals surface area contributed by atoms with Crippen molar-refractivity contribution in [2.45, 2.75) is 38.7 Å². The third-order valence-corrected chi connectivity index (χ3v) is 3.02. The minimum absolute atomic E-state index is 0.389. The van der Waals surface area contributed by atoms with Crippen LogP contribution >= 0.6 is 0 Å². The van der Waals surface area contributed by atoms with E-state index in [1.165, 1.54) is 0 Å². The van der Waals surface area contributed by atoms with Crippen molar-refractivity contribution in [1.29, 1.82) is 0 Å². The Hall–Kier alpha value is -1.36. The van der Waals surface area contributed by atoms with Gasteiger partial charge in [0.1, 0.15) is 17.5 Å². The van der Waals surface area contributed by atoms with Crippen molar-refractivity contribution >= 4 is 11.6 Å². The van der Waals surface area contributed by atoms with Crippen LogP contribution < -0.4 is 10.6 Å². The number of hydrogen-bond donors (Lipinski definition) is 2. The zero-order chi connectivity index (χ0) is 12.6. The largest absolute Gasteiger partial charge is 0.392 e. The first-order valence-corrected chi connectivity index (χ1v) is 6.02. The zero-order valence-electron chi connectivity index (χ0n) is 10.6. The third-order valence-electron chi connectivity index (χ3n) is 3.02. The van der Waals surface area contributed by atoms with Crippen molar-refractivity contribution in [3.63, 3.8) is 0 Å². The van der Waals surface area contributed by atoms with Crippen molar-refractivity contribution in [3.05, 3.63) is 11.4 Å². The summed E-state index contributed by atoms with van der Waals surface area (Å²) in [5.74, 6) is 2.71. The Morgan fingerprint density at radius 1 is 1.47 bits per heavy atom. The summed E-state index contributed by atoms with van der Waals surface area (Å²) in [6, 6.07) is 0. The molecule has 2 rings (SSSR count). The van der Waals surface area contributed by atoms with Crippen LogP contribution in [0.5, 0.6) is 0 Å². The lowest BCUT2D eigenvalue weighted by Gasteiger charge is -2.22. The Kier molecular flexibility index (Phi) is 3.19. The second-order valence-electron chi connectivity index (χ2n) is 4.92. The molecule has 1 unspecified atom stereocenters. The molecular weight excluding hydrogens is 216 g/mol. The van der Waals surface area contributed by atoms with Crippen LogP contribution in [0.15, 0.2) is 0 Å². The Labute approximate surface area is 102 Å². The lowest BCUT2D eigenvalue weighted by molar-refractivity contribution is 0.201. The maximum absolute atomic E-state index is 9.42. The first kappa shape index (κ1) is 12.1. The predicted octanol–water partition coefficient (Wildman–Crippen LogP) is 1.06. The van der Waals surface area contributed by atoms with Crippen LogP contribution in [0.3, 0.4) is 0 Å². The van der Waals surface area contributed by atoms with Gasteiger partial charge in [0.2, 0.25) is 0 Å². The lowest BCUT2D eigenvalue weighted by atomic mass is 10.2. The average Bonchev–Trinajstić information content (AvgIpc) is 3.04. The van der Waals surface area contributed by atoms with Gasteiger partial charge in [0, 0.05) is 25.1 Å². The summed E-state index contributed by atoms with van der Waals surface area (Å²) in [5.41, 5.74) is 6.80. The maximum atomic E-state index is 9.42. The number of aromatic nitrogens is 2. The molecule has 1 aliphatic rings. The lowest BCUT2D eigenvalue weighted by Crippen LogP contribution is -2.29. The molecule has 1 aliphatic carbocycles. The fraction of sp³-hybridized carbons (Fsp3) is 0.667. The van der Waals surface area contributed by atoms with Gasteiger partial charge in [0.05, 0.1) is 6.10 Å². The normalized spacial score (nSPS) is 16.9. The Morgan fingerprint density at radius 2 is 2.12 bits per heavy atom. The maximum Gasteiger partial charge on any atom is 0.137 e. The summed E-state index contributed by atoms with van der Waals surface area (Å²) in [7, 11) is 1.91. The first-order chi connectivity index (χ1) is 7.99. The molecule has 1 aromatic heterocycles. The monoisotopic (exact) mass is 236 g/mol. The molecule has 0 aliphatic heterocycles. The van der Waals surface area contributed by atoms with Crippen LogP contribution in [0.4, 0.5) is 11.6 Å². The number of nitrogens with two attached hydrogens (primary N) is 1. The molecule has 0 amide bonds.